The Morgan fingerprint density at radius 1 is 1.38 bits per heavy atom. The van der Waals surface area contributed by atoms with Gasteiger partial charge in [-0.2, -0.15) is 0 Å². The van der Waals surface area contributed by atoms with Crippen LogP contribution in [0.4, 0.5) is 0 Å². The summed E-state index contributed by atoms with van der Waals surface area (Å²) in [6, 6.07) is 0. The fourth-order valence-corrected chi connectivity index (χ4v) is 0.266. The van der Waals surface area contributed by atoms with Gasteiger partial charge in [-0.3, -0.25) is 14.3 Å². The second kappa shape index (κ2) is 3.31. The predicted molar refractivity (Wildman–Crippen MR) is 31.2 cm³/mol. The summed E-state index contributed by atoms with van der Waals surface area (Å²) in [4.78, 5) is 20.3. The van der Waals surface area contributed by atoms with Crippen molar-refractivity contribution in [2.75, 3.05) is 7.05 Å². The van der Waals surface area contributed by atoms with E-state index in [9.17, 15) is 9.59 Å². The molecule has 2 N–H and O–H groups in total. The molecule has 8 heavy (non-hydrogen) atoms. The Bertz CT molecular complexity index is 99.9. The smallest absolute Gasteiger partial charge is 0.318 e. The van der Waals surface area contributed by atoms with Crippen LogP contribution in [0, 0.1) is 0 Å². The minimum absolute atomic E-state index is 0.694. The lowest BCUT2D eigenvalue weighted by molar-refractivity contribution is -0.137. The largest absolute Gasteiger partial charge is 0.351 e. The molecule has 0 spiro atoms. The molecule has 0 aliphatic heterocycles. The van der Waals surface area contributed by atoms with Crippen LogP contribution in [0.25, 0.3) is 0 Å². The third-order valence-corrected chi connectivity index (χ3v) is 0.738. The van der Waals surface area contributed by atoms with E-state index in [-0.39, 0.29) is 0 Å². The topological polar surface area (TPSA) is 58.2 Å². The normalized spacial score (nSPS) is 7.75. The average molecular weight is 134 g/mol. The summed E-state index contributed by atoms with van der Waals surface area (Å²) in [5.74, 6) is -1.45. The standard InChI is InChI=1S/C3H6N2O2S/c1-4-2(6)3(7)5-8/h8H,1H3,(H,4,6)(H,5,7). The maximum Gasteiger partial charge on any atom is 0.318 e. The molecule has 46 valence electrons. The quantitative estimate of drug-likeness (QED) is 0.285. The zero-order valence-electron chi connectivity index (χ0n) is 4.26. The number of hydrogen-bond acceptors (Lipinski definition) is 3. The van der Waals surface area contributed by atoms with E-state index in [0.29, 0.717) is 0 Å². The third-order valence-electron chi connectivity index (χ3n) is 0.535. The Morgan fingerprint density at radius 3 is 2.00 bits per heavy atom. The Morgan fingerprint density at radius 2 is 1.88 bits per heavy atom. The molecule has 0 unspecified atom stereocenters. The molecule has 4 nitrogen and oxygen atoms in total. The molecule has 0 rings (SSSR count). The van der Waals surface area contributed by atoms with Gasteiger partial charge in [-0.15, -0.1) is 0 Å². The lowest BCUT2D eigenvalue weighted by atomic mass is 10.6. The summed E-state index contributed by atoms with van der Waals surface area (Å²) in [6.45, 7) is 0. The van der Waals surface area contributed by atoms with Gasteiger partial charge in [0.05, 0.1) is 0 Å². The van der Waals surface area contributed by atoms with Crippen molar-refractivity contribution in [1.82, 2.24) is 10.0 Å². The van der Waals surface area contributed by atoms with E-state index in [2.05, 4.69) is 18.1 Å². The van der Waals surface area contributed by atoms with Crippen LogP contribution in [0.15, 0.2) is 0 Å². The highest BCUT2D eigenvalue weighted by molar-refractivity contribution is 7.78. The molecule has 0 fully saturated rings. The van der Waals surface area contributed by atoms with Gasteiger partial charge in [0, 0.05) is 7.05 Å². The van der Waals surface area contributed by atoms with Crippen molar-refractivity contribution in [3.8, 4) is 0 Å². The molecule has 0 aliphatic carbocycles. The van der Waals surface area contributed by atoms with E-state index >= 15 is 0 Å². The second-order valence-electron chi connectivity index (χ2n) is 1.02. The molecule has 0 heterocycles. The number of amides is 2. The van der Waals surface area contributed by atoms with Crippen molar-refractivity contribution in [3.05, 3.63) is 0 Å². The minimum atomic E-state index is -0.754. The summed E-state index contributed by atoms with van der Waals surface area (Å²) in [5, 5.41) is 2.12. The maximum atomic E-state index is 10.2. The molecule has 0 aromatic heterocycles. The first kappa shape index (κ1) is 7.29. The zero-order chi connectivity index (χ0) is 6.57. The van der Waals surface area contributed by atoms with E-state index in [1.165, 1.54) is 7.05 Å². The van der Waals surface area contributed by atoms with Gasteiger partial charge in [0.1, 0.15) is 0 Å². The highest BCUT2D eigenvalue weighted by Gasteiger charge is 2.06. The molecule has 0 radical (unpaired) electrons. The van der Waals surface area contributed by atoms with Gasteiger partial charge in [0.25, 0.3) is 0 Å². The predicted octanol–water partition coefficient (Wildman–Crippen LogP) is -1.31. The Kier molecular flexibility index (Phi) is 3.02. The van der Waals surface area contributed by atoms with E-state index < -0.39 is 11.8 Å². The molecule has 0 aromatic rings. The maximum absolute atomic E-state index is 10.2. The van der Waals surface area contributed by atoms with Gasteiger partial charge < -0.3 is 5.32 Å². The molecule has 5 heteroatoms. The summed E-state index contributed by atoms with van der Waals surface area (Å²) in [5.41, 5.74) is 0. The van der Waals surface area contributed by atoms with Gasteiger partial charge in [0.15, 0.2) is 0 Å². The molecule has 0 bridgehead atoms. The number of hydrogen-bond donors (Lipinski definition) is 3. The van der Waals surface area contributed by atoms with Crippen molar-refractivity contribution in [2.45, 2.75) is 0 Å². The first-order valence-electron chi connectivity index (χ1n) is 1.88. The van der Waals surface area contributed by atoms with E-state index in [1.807, 2.05) is 4.72 Å². The van der Waals surface area contributed by atoms with E-state index in [0.717, 1.165) is 0 Å². The summed E-state index contributed by atoms with van der Waals surface area (Å²) >= 11 is 3.35. The second-order valence-corrected chi connectivity index (χ2v) is 1.24. The molecule has 0 aromatic carbocycles. The van der Waals surface area contributed by atoms with Crippen LogP contribution in [0.1, 0.15) is 0 Å². The van der Waals surface area contributed by atoms with Crippen LogP contribution in [0.5, 0.6) is 0 Å². The molecular formula is C3H6N2O2S. The fourth-order valence-electron chi connectivity index (χ4n) is 0.164. The van der Waals surface area contributed by atoms with Crippen LogP contribution in [0.3, 0.4) is 0 Å². The van der Waals surface area contributed by atoms with Gasteiger partial charge >= 0.3 is 11.8 Å². The van der Waals surface area contributed by atoms with Crippen molar-refractivity contribution in [1.29, 1.82) is 0 Å². The Labute approximate surface area is 52.2 Å². The molecule has 0 saturated carbocycles. The summed E-state index contributed by atoms with van der Waals surface area (Å²) in [6.07, 6.45) is 0. The molecular weight excluding hydrogens is 128 g/mol. The SMILES string of the molecule is CNC(=O)C(=O)NS. The zero-order valence-corrected chi connectivity index (χ0v) is 5.16. The molecule has 0 atom stereocenters. The third kappa shape index (κ3) is 1.83. The number of likely N-dealkylation sites (N-methyl/N-ethyl adjacent to an activating group) is 1. The lowest BCUT2D eigenvalue weighted by Crippen LogP contribution is -2.33. The monoisotopic (exact) mass is 134 g/mol. The fraction of sp³-hybridized carbons (Fsp3) is 0.333. The van der Waals surface area contributed by atoms with Gasteiger partial charge in [-0.1, -0.05) is 12.8 Å². The molecule has 2 amide bonds. The lowest BCUT2D eigenvalue weighted by Gasteiger charge is -1.92. The minimum Gasteiger partial charge on any atom is -0.351 e. The number of carbonyl (C=O) groups is 2. The summed E-state index contributed by atoms with van der Waals surface area (Å²) < 4.78 is 1.86. The highest BCUT2D eigenvalue weighted by atomic mass is 32.1. The number of carbonyl (C=O) groups excluding carboxylic acids is 2. The van der Waals surface area contributed by atoms with Gasteiger partial charge in [0.2, 0.25) is 0 Å². The number of rotatable bonds is 0. The van der Waals surface area contributed by atoms with Crippen molar-refractivity contribution in [2.24, 2.45) is 0 Å². The van der Waals surface area contributed by atoms with E-state index in [4.69, 9.17) is 0 Å². The highest BCUT2D eigenvalue weighted by Crippen LogP contribution is 1.65. The summed E-state index contributed by atoms with van der Waals surface area (Å²) in [7, 11) is 1.37. The van der Waals surface area contributed by atoms with Crippen molar-refractivity contribution in [3.63, 3.8) is 0 Å². The number of nitrogens with one attached hydrogen (secondary N) is 2. The van der Waals surface area contributed by atoms with Crippen LogP contribution in [-0.2, 0) is 9.59 Å². The Balaban J connectivity index is 3.64. The van der Waals surface area contributed by atoms with Gasteiger partial charge in [-0.25, -0.2) is 0 Å². The van der Waals surface area contributed by atoms with Crippen molar-refractivity contribution >= 4 is 24.6 Å². The van der Waals surface area contributed by atoms with E-state index in [1.54, 1.807) is 0 Å². The molecule has 0 saturated heterocycles. The van der Waals surface area contributed by atoms with Crippen LogP contribution in [-0.4, -0.2) is 18.9 Å². The average Bonchev–Trinajstić information content (AvgIpc) is 1.84. The first-order valence-corrected chi connectivity index (χ1v) is 2.33. The van der Waals surface area contributed by atoms with Crippen LogP contribution >= 0.6 is 12.8 Å². The van der Waals surface area contributed by atoms with Crippen LogP contribution in [0.2, 0.25) is 0 Å². The van der Waals surface area contributed by atoms with Crippen LogP contribution < -0.4 is 10.0 Å². The van der Waals surface area contributed by atoms with Gasteiger partial charge in [-0.05, 0) is 0 Å². The van der Waals surface area contributed by atoms with Crippen molar-refractivity contribution < 1.29 is 9.59 Å². The molecule has 0 aliphatic rings. The first-order chi connectivity index (χ1) is 3.72. The number of thiol groups is 1. The Hall–Kier alpha value is -0.710.